The van der Waals surface area contributed by atoms with Crippen molar-refractivity contribution in [3.05, 3.63) is 35.9 Å². The maximum Gasteiger partial charge on any atom is 0.408 e. The molecular weight excluding hydrogens is 620 g/mol. The molecule has 13 nitrogen and oxygen atoms in total. The molecule has 4 amide bonds. The third kappa shape index (κ3) is 11.2. The number of likely N-dealkylation sites (tertiary alicyclic amines) is 2. The van der Waals surface area contributed by atoms with E-state index < -0.39 is 71.6 Å². The Labute approximate surface area is 283 Å². The molecule has 2 fully saturated rings. The van der Waals surface area contributed by atoms with Crippen LogP contribution in [0.4, 0.5) is 4.79 Å². The lowest BCUT2D eigenvalue weighted by Crippen LogP contribution is -2.56. The molecule has 0 radical (unpaired) electrons. The second-order valence-electron chi connectivity index (χ2n) is 14.7. The topological polar surface area (TPSA) is 161 Å². The van der Waals surface area contributed by atoms with Crippen LogP contribution in [-0.2, 0) is 44.8 Å². The number of benzene rings is 1. The number of amides is 4. The second kappa shape index (κ2) is 16.3. The predicted molar refractivity (Wildman–Crippen MR) is 176 cm³/mol. The zero-order valence-corrected chi connectivity index (χ0v) is 29.5. The normalized spacial score (nSPS) is 19.4. The van der Waals surface area contributed by atoms with Gasteiger partial charge in [0.15, 0.2) is 0 Å². The number of hydrogen-bond acceptors (Lipinski definition) is 9. The van der Waals surface area contributed by atoms with Gasteiger partial charge in [-0.1, -0.05) is 44.2 Å². The third-order valence-corrected chi connectivity index (χ3v) is 7.90. The second-order valence-corrected chi connectivity index (χ2v) is 14.7. The first kappa shape index (κ1) is 38.3. The number of ether oxygens (including phenoxy) is 3. The number of carbonyl (C=O) groups is 6. The summed E-state index contributed by atoms with van der Waals surface area (Å²) in [4.78, 5) is 82.6. The van der Waals surface area contributed by atoms with Gasteiger partial charge in [0.05, 0.1) is 6.42 Å². The van der Waals surface area contributed by atoms with Crippen molar-refractivity contribution in [3.63, 3.8) is 0 Å². The fourth-order valence-electron chi connectivity index (χ4n) is 5.69. The van der Waals surface area contributed by atoms with Gasteiger partial charge in [0.2, 0.25) is 17.7 Å². The number of nitrogens with one attached hydrogen (secondary N) is 2. The number of rotatable bonds is 11. The summed E-state index contributed by atoms with van der Waals surface area (Å²) in [6, 6.07) is 5.07. The van der Waals surface area contributed by atoms with Crippen LogP contribution in [-0.4, -0.2) is 94.0 Å². The standard InChI is InChI=1S/C35H52N4O9/c1-22(2)28(32(44)47-34(3,4)5)37-29(41)25-16-12-19-39(25)30(42)26-17-13-18-38(26)27(40)20-24(36-33(45)48-35(6,7)8)31(43)46-21-23-14-10-9-11-15-23/h9-11,14-15,22,24-26,28H,12-13,16-21H2,1-8H3,(H,36,45)(H,37,41)/t24-,25-,26+,28+/m1/s1. The molecule has 1 aromatic rings. The summed E-state index contributed by atoms with van der Waals surface area (Å²) in [5, 5.41) is 5.26. The largest absolute Gasteiger partial charge is 0.459 e. The number of alkyl carbamates (subject to hydrolysis) is 1. The average Bonchev–Trinajstić information content (AvgIpc) is 3.67. The monoisotopic (exact) mass is 672 g/mol. The van der Waals surface area contributed by atoms with Gasteiger partial charge in [0.1, 0.15) is 42.0 Å². The number of carbonyl (C=O) groups excluding carboxylic acids is 6. The molecule has 266 valence electrons. The quantitative estimate of drug-likeness (QED) is 0.265. The summed E-state index contributed by atoms with van der Waals surface area (Å²) >= 11 is 0. The van der Waals surface area contributed by atoms with E-state index in [9.17, 15) is 28.8 Å². The van der Waals surface area contributed by atoms with Gasteiger partial charge < -0.3 is 34.6 Å². The van der Waals surface area contributed by atoms with Crippen LogP contribution in [0.5, 0.6) is 0 Å². The summed E-state index contributed by atoms with van der Waals surface area (Å²) in [7, 11) is 0. The summed E-state index contributed by atoms with van der Waals surface area (Å²) in [6.45, 7) is 14.4. The molecule has 2 N–H and O–H groups in total. The molecule has 0 bridgehead atoms. The molecule has 2 heterocycles. The van der Waals surface area contributed by atoms with Crippen LogP contribution >= 0.6 is 0 Å². The van der Waals surface area contributed by atoms with Crippen LogP contribution in [0.25, 0.3) is 0 Å². The lowest BCUT2D eigenvalue weighted by Gasteiger charge is -2.33. The minimum Gasteiger partial charge on any atom is -0.459 e. The molecule has 3 rings (SSSR count). The smallest absolute Gasteiger partial charge is 0.408 e. The van der Waals surface area contributed by atoms with Crippen molar-refractivity contribution in [2.45, 2.75) is 129 Å². The molecule has 1 aromatic carbocycles. The number of nitrogens with zero attached hydrogens (tertiary/aromatic N) is 2. The van der Waals surface area contributed by atoms with E-state index in [2.05, 4.69) is 10.6 Å². The van der Waals surface area contributed by atoms with Gasteiger partial charge in [0, 0.05) is 13.1 Å². The molecule has 0 saturated carbocycles. The van der Waals surface area contributed by atoms with E-state index in [1.807, 2.05) is 6.07 Å². The van der Waals surface area contributed by atoms with Gasteiger partial charge in [-0.15, -0.1) is 0 Å². The highest BCUT2D eigenvalue weighted by Gasteiger charge is 2.44. The van der Waals surface area contributed by atoms with Crippen LogP contribution in [0.3, 0.4) is 0 Å². The fraction of sp³-hybridized carbons (Fsp3) is 0.657. The van der Waals surface area contributed by atoms with Crippen molar-refractivity contribution in [1.29, 1.82) is 0 Å². The Kier molecular flexibility index (Phi) is 13.0. The minimum absolute atomic E-state index is 0.0603. The van der Waals surface area contributed by atoms with Gasteiger partial charge in [0.25, 0.3) is 0 Å². The van der Waals surface area contributed by atoms with E-state index in [-0.39, 0.29) is 25.0 Å². The van der Waals surface area contributed by atoms with E-state index in [1.165, 1.54) is 9.80 Å². The van der Waals surface area contributed by atoms with Gasteiger partial charge in [-0.05, 0) is 78.7 Å². The van der Waals surface area contributed by atoms with E-state index in [4.69, 9.17) is 14.2 Å². The molecule has 48 heavy (non-hydrogen) atoms. The van der Waals surface area contributed by atoms with Crippen LogP contribution in [0.1, 0.15) is 93.1 Å². The summed E-state index contributed by atoms with van der Waals surface area (Å²) in [5.41, 5.74) is -0.851. The number of esters is 2. The lowest BCUT2D eigenvalue weighted by atomic mass is 10.0. The summed E-state index contributed by atoms with van der Waals surface area (Å²) in [6.07, 6.45) is 0.578. The van der Waals surface area contributed by atoms with Crippen LogP contribution in [0.2, 0.25) is 0 Å². The molecule has 2 aliphatic heterocycles. The third-order valence-electron chi connectivity index (χ3n) is 7.90. The van der Waals surface area contributed by atoms with E-state index in [0.29, 0.717) is 32.2 Å². The van der Waals surface area contributed by atoms with Gasteiger partial charge in [-0.25, -0.2) is 14.4 Å². The Bertz CT molecular complexity index is 1320. The molecule has 13 heteroatoms. The van der Waals surface area contributed by atoms with Crippen molar-refractivity contribution >= 4 is 35.8 Å². The molecule has 2 saturated heterocycles. The Morgan fingerprint density at radius 2 is 1.38 bits per heavy atom. The van der Waals surface area contributed by atoms with Crippen molar-refractivity contribution in [1.82, 2.24) is 20.4 Å². The van der Waals surface area contributed by atoms with Crippen LogP contribution < -0.4 is 10.6 Å². The lowest BCUT2D eigenvalue weighted by molar-refractivity contribution is -0.160. The predicted octanol–water partition coefficient (Wildman–Crippen LogP) is 3.48. The van der Waals surface area contributed by atoms with Crippen molar-refractivity contribution in [3.8, 4) is 0 Å². The molecule has 0 aromatic heterocycles. The van der Waals surface area contributed by atoms with Crippen LogP contribution in [0.15, 0.2) is 30.3 Å². The Balaban J connectivity index is 1.72. The minimum atomic E-state index is -1.36. The molecule has 2 aliphatic rings. The van der Waals surface area contributed by atoms with Crippen molar-refractivity contribution in [2.24, 2.45) is 5.92 Å². The Morgan fingerprint density at radius 3 is 1.96 bits per heavy atom. The maximum atomic E-state index is 13.9. The maximum absolute atomic E-state index is 13.9. The highest BCUT2D eigenvalue weighted by atomic mass is 16.6. The summed E-state index contributed by atoms with van der Waals surface area (Å²) < 4.78 is 16.3. The SMILES string of the molecule is CC(C)[C@H](NC(=O)[C@H]1CCCN1C(=O)[C@@H]1CCCN1C(=O)C[C@@H](NC(=O)OC(C)(C)C)C(=O)OCc1ccccc1)C(=O)OC(C)(C)C. The molecular formula is C35H52N4O9. The summed E-state index contributed by atoms with van der Waals surface area (Å²) in [5.74, 6) is -2.97. The Hall–Kier alpha value is -4.16. The molecule has 0 aliphatic carbocycles. The molecule has 0 unspecified atom stereocenters. The van der Waals surface area contributed by atoms with E-state index in [0.717, 1.165) is 5.56 Å². The van der Waals surface area contributed by atoms with Crippen molar-refractivity contribution < 1.29 is 43.0 Å². The van der Waals surface area contributed by atoms with Gasteiger partial charge in [-0.2, -0.15) is 0 Å². The first-order valence-electron chi connectivity index (χ1n) is 16.7. The fourth-order valence-corrected chi connectivity index (χ4v) is 5.69. The van der Waals surface area contributed by atoms with Gasteiger partial charge in [-0.3, -0.25) is 14.4 Å². The number of hydrogen-bond donors (Lipinski definition) is 2. The van der Waals surface area contributed by atoms with E-state index in [1.54, 1.807) is 79.7 Å². The van der Waals surface area contributed by atoms with E-state index >= 15 is 0 Å². The molecule has 0 spiro atoms. The first-order chi connectivity index (χ1) is 22.4. The highest BCUT2D eigenvalue weighted by molar-refractivity contribution is 5.95. The van der Waals surface area contributed by atoms with Crippen LogP contribution in [0, 0.1) is 5.92 Å². The molecule has 4 atom stereocenters. The highest BCUT2D eigenvalue weighted by Crippen LogP contribution is 2.26. The first-order valence-corrected chi connectivity index (χ1v) is 16.7. The zero-order chi connectivity index (χ0) is 35.8. The zero-order valence-electron chi connectivity index (χ0n) is 29.5. The average molecular weight is 673 g/mol. The van der Waals surface area contributed by atoms with Gasteiger partial charge >= 0.3 is 18.0 Å². The van der Waals surface area contributed by atoms with Crippen molar-refractivity contribution in [2.75, 3.05) is 13.1 Å². The Morgan fingerprint density at radius 1 is 0.792 bits per heavy atom.